The molecule has 3 nitrogen and oxygen atoms in total. The summed E-state index contributed by atoms with van der Waals surface area (Å²) >= 11 is 0. The average molecular weight is 287 g/mol. The highest BCUT2D eigenvalue weighted by Crippen LogP contribution is 2.09. The number of ether oxygens (including phenoxy) is 1. The Bertz CT molecular complexity index is 518. The second-order valence-electron chi connectivity index (χ2n) is 5.92. The first-order valence-corrected chi connectivity index (χ1v) is 7.46. The number of carbonyl (C=O) groups excluding carboxylic acids is 1. The predicted octanol–water partition coefficient (Wildman–Crippen LogP) is 4.25. The van der Waals surface area contributed by atoms with Crippen molar-refractivity contribution in [2.45, 2.75) is 59.1 Å². The van der Waals surface area contributed by atoms with Gasteiger partial charge in [-0.25, -0.2) is 4.79 Å². The number of amides is 1. The van der Waals surface area contributed by atoms with Gasteiger partial charge in [-0.15, -0.1) is 0 Å². The standard InChI is InChI=1S/C18H25NO2/c1-5-6-7-8-11-15-12-9-10-13-16(15)14-19-17(20)21-18(2,3)4/h9-10,12-13H,5-7,14H2,1-4H3,(H,19,20). The van der Waals surface area contributed by atoms with Crippen molar-refractivity contribution in [2.24, 2.45) is 0 Å². The number of hydrogen-bond donors (Lipinski definition) is 1. The normalized spacial score (nSPS) is 10.5. The van der Waals surface area contributed by atoms with Crippen LogP contribution in [0, 0.1) is 11.8 Å². The van der Waals surface area contributed by atoms with Gasteiger partial charge in [0.05, 0.1) is 0 Å². The summed E-state index contributed by atoms with van der Waals surface area (Å²) in [6.45, 7) is 8.12. The second kappa shape index (κ2) is 8.36. The molecule has 0 aromatic heterocycles. The molecule has 0 aliphatic rings. The Hall–Kier alpha value is -1.95. The third-order valence-corrected chi connectivity index (χ3v) is 2.72. The average Bonchev–Trinajstić information content (AvgIpc) is 2.40. The van der Waals surface area contributed by atoms with Gasteiger partial charge in [0.2, 0.25) is 0 Å². The zero-order chi connectivity index (χ0) is 15.7. The molecule has 0 fully saturated rings. The van der Waals surface area contributed by atoms with E-state index in [4.69, 9.17) is 4.74 Å². The van der Waals surface area contributed by atoms with E-state index in [0.29, 0.717) is 6.54 Å². The molecular weight excluding hydrogens is 262 g/mol. The molecule has 0 atom stereocenters. The van der Waals surface area contributed by atoms with E-state index < -0.39 is 11.7 Å². The zero-order valence-corrected chi connectivity index (χ0v) is 13.5. The van der Waals surface area contributed by atoms with E-state index in [0.717, 1.165) is 30.4 Å². The van der Waals surface area contributed by atoms with Crippen LogP contribution in [0.15, 0.2) is 24.3 Å². The lowest BCUT2D eigenvalue weighted by Crippen LogP contribution is -2.32. The minimum atomic E-state index is -0.483. The van der Waals surface area contributed by atoms with Crippen LogP contribution in [0.3, 0.4) is 0 Å². The molecule has 1 rings (SSSR count). The van der Waals surface area contributed by atoms with Crippen molar-refractivity contribution >= 4 is 6.09 Å². The molecule has 0 bridgehead atoms. The highest BCUT2D eigenvalue weighted by molar-refractivity contribution is 5.67. The maximum absolute atomic E-state index is 11.7. The number of benzene rings is 1. The number of nitrogens with one attached hydrogen (secondary N) is 1. The quantitative estimate of drug-likeness (QED) is 0.664. The van der Waals surface area contributed by atoms with Crippen molar-refractivity contribution < 1.29 is 9.53 Å². The fraction of sp³-hybridized carbons (Fsp3) is 0.500. The predicted molar refractivity (Wildman–Crippen MR) is 85.9 cm³/mol. The number of rotatable bonds is 4. The summed E-state index contributed by atoms with van der Waals surface area (Å²) in [5.74, 6) is 6.35. The first-order chi connectivity index (χ1) is 9.92. The van der Waals surface area contributed by atoms with Crippen molar-refractivity contribution in [1.82, 2.24) is 5.32 Å². The summed E-state index contributed by atoms with van der Waals surface area (Å²) < 4.78 is 5.23. The van der Waals surface area contributed by atoms with Gasteiger partial charge in [-0.3, -0.25) is 0 Å². The molecule has 0 unspecified atom stereocenters. The summed E-state index contributed by atoms with van der Waals surface area (Å²) in [6, 6.07) is 7.86. The Morgan fingerprint density at radius 1 is 1.29 bits per heavy atom. The molecule has 0 heterocycles. The van der Waals surface area contributed by atoms with Crippen LogP contribution in [0.1, 0.15) is 58.1 Å². The SMILES string of the molecule is CCCCC#Cc1ccccc1CNC(=O)OC(C)(C)C. The molecular formula is C18H25NO2. The fourth-order valence-electron chi connectivity index (χ4n) is 1.70. The van der Waals surface area contributed by atoms with Gasteiger partial charge in [0.25, 0.3) is 0 Å². The summed E-state index contributed by atoms with van der Waals surface area (Å²) in [7, 11) is 0. The van der Waals surface area contributed by atoms with E-state index >= 15 is 0 Å². The molecule has 1 aromatic carbocycles. The molecule has 0 saturated heterocycles. The maximum atomic E-state index is 11.7. The van der Waals surface area contributed by atoms with E-state index in [1.807, 2.05) is 45.0 Å². The monoisotopic (exact) mass is 287 g/mol. The fourth-order valence-corrected chi connectivity index (χ4v) is 1.70. The molecule has 0 spiro atoms. The Morgan fingerprint density at radius 2 is 2.00 bits per heavy atom. The zero-order valence-electron chi connectivity index (χ0n) is 13.5. The molecule has 0 aliphatic carbocycles. The van der Waals surface area contributed by atoms with Crippen LogP contribution in [0.5, 0.6) is 0 Å². The number of carbonyl (C=O) groups is 1. The van der Waals surface area contributed by atoms with Crippen molar-refractivity contribution in [3.05, 3.63) is 35.4 Å². The summed E-state index contributed by atoms with van der Waals surface area (Å²) in [5.41, 5.74) is 1.49. The third-order valence-electron chi connectivity index (χ3n) is 2.72. The van der Waals surface area contributed by atoms with E-state index in [-0.39, 0.29) is 0 Å². The molecule has 114 valence electrons. The minimum absolute atomic E-state index is 0.406. The highest BCUT2D eigenvalue weighted by Gasteiger charge is 2.15. The smallest absolute Gasteiger partial charge is 0.407 e. The van der Waals surface area contributed by atoms with Gasteiger partial charge in [-0.2, -0.15) is 0 Å². The largest absolute Gasteiger partial charge is 0.444 e. The van der Waals surface area contributed by atoms with E-state index in [1.54, 1.807) is 0 Å². The van der Waals surface area contributed by atoms with Gasteiger partial charge in [0.1, 0.15) is 5.60 Å². The highest BCUT2D eigenvalue weighted by atomic mass is 16.6. The Balaban J connectivity index is 2.62. The van der Waals surface area contributed by atoms with Crippen molar-refractivity contribution in [1.29, 1.82) is 0 Å². The Labute approximate surface area is 128 Å². The maximum Gasteiger partial charge on any atom is 0.407 e. The van der Waals surface area contributed by atoms with Gasteiger partial charge >= 0.3 is 6.09 Å². The van der Waals surface area contributed by atoms with Crippen molar-refractivity contribution in [3.8, 4) is 11.8 Å². The summed E-state index contributed by atoms with van der Waals surface area (Å²) in [6.07, 6.45) is 2.77. The molecule has 0 radical (unpaired) electrons. The summed E-state index contributed by atoms with van der Waals surface area (Å²) in [4.78, 5) is 11.7. The van der Waals surface area contributed by atoms with Crippen LogP contribution in [0.4, 0.5) is 4.79 Å². The summed E-state index contributed by atoms with van der Waals surface area (Å²) in [5, 5.41) is 2.77. The Morgan fingerprint density at radius 3 is 2.67 bits per heavy atom. The second-order valence-corrected chi connectivity index (χ2v) is 5.92. The molecule has 0 aliphatic heterocycles. The van der Waals surface area contributed by atoms with Gasteiger partial charge < -0.3 is 10.1 Å². The van der Waals surface area contributed by atoms with Crippen LogP contribution in [0.25, 0.3) is 0 Å². The van der Waals surface area contributed by atoms with Gasteiger partial charge in [-0.05, 0) is 38.8 Å². The minimum Gasteiger partial charge on any atom is -0.444 e. The number of alkyl carbamates (subject to hydrolysis) is 1. The van der Waals surface area contributed by atoms with E-state index in [9.17, 15) is 4.79 Å². The first kappa shape index (κ1) is 17.1. The first-order valence-electron chi connectivity index (χ1n) is 7.46. The lowest BCUT2D eigenvalue weighted by molar-refractivity contribution is 0.0523. The number of unbranched alkanes of at least 4 members (excludes halogenated alkanes) is 2. The third kappa shape index (κ3) is 7.41. The van der Waals surface area contributed by atoms with E-state index in [1.165, 1.54) is 0 Å². The van der Waals surface area contributed by atoms with Crippen molar-refractivity contribution in [2.75, 3.05) is 0 Å². The van der Waals surface area contributed by atoms with Crippen LogP contribution >= 0.6 is 0 Å². The van der Waals surface area contributed by atoms with Gasteiger partial charge in [-0.1, -0.05) is 43.4 Å². The van der Waals surface area contributed by atoms with Gasteiger partial charge in [0.15, 0.2) is 0 Å². The topological polar surface area (TPSA) is 38.3 Å². The number of hydrogen-bond acceptors (Lipinski definition) is 2. The molecule has 0 saturated carbocycles. The molecule has 1 N–H and O–H groups in total. The molecule has 1 amide bonds. The van der Waals surface area contributed by atoms with Gasteiger partial charge in [0, 0.05) is 18.5 Å². The van der Waals surface area contributed by atoms with E-state index in [2.05, 4.69) is 24.1 Å². The lowest BCUT2D eigenvalue weighted by atomic mass is 10.1. The van der Waals surface area contributed by atoms with Crippen LogP contribution in [-0.2, 0) is 11.3 Å². The molecule has 21 heavy (non-hydrogen) atoms. The van der Waals surface area contributed by atoms with Crippen molar-refractivity contribution in [3.63, 3.8) is 0 Å². The van der Waals surface area contributed by atoms with Crippen LogP contribution < -0.4 is 5.32 Å². The molecule has 3 heteroatoms. The molecule has 1 aromatic rings. The Kier molecular flexibility index (Phi) is 6.81. The van der Waals surface area contributed by atoms with Crippen LogP contribution in [-0.4, -0.2) is 11.7 Å². The van der Waals surface area contributed by atoms with Crippen LogP contribution in [0.2, 0.25) is 0 Å². The lowest BCUT2D eigenvalue weighted by Gasteiger charge is -2.19.